The van der Waals surface area contributed by atoms with Gasteiger partial charge in [0.05, 0.1) is 31.0 Å². The third-order valence-corrected chi connectivity index (χ3v) is 4.43. The van der Waals surface area contributed by atoms with Crippen LogP contribution in [0.5, 0.6) is 5.75 Å². The second kappa shape index (κ2) is 7.95. The Bertz CT molecular complexity index is 953. The minimum Gasteiger partial charge on any atom is -0.496 e. The van der Waals surface area contributed by atoms with Gasteiger partial charge in [-0.1, -0.05) is 12.1 Å². The predicted octanol–water partition coefficient (Wildman–Crippen LogP) is 3.79. The summed E-state index contributed by atoms with van der Waals surface area (Å²) in [4.78, 5) is 24.8. The maximum atomic E-state index is 12.5. The third kappa shape index (κ3) is 3.95. The average molecular weight is 367 g/mol. The quantitative estimate of drug-likeness (QED) is 0.469. The van der Waals surface area contributed by atoms with Crippen molar-refractivity contribution in [1.82, 2.24) is 4.57 Å². The maximum Gasteiger partial charge on any atom is 0.340 e. The van der Waals surface area contributed by atoms with E-state index in [9.17, 15) is 9.59 Å². The SMILES string of the molecule is COc1ccccc1C(=O)COC(=O)c1cc(C)n(Cc2ccco2)c1C. The van der Waals surface area contributed by atoms with Gasteiger partial charge in [-0.3, -0.25) is 4.79 Å². The molecule has 0 spiro atoms. The van der Waals surface area contributed by atoms with E-state index in [1.807, 2.05) is 30.5 Å². The molecular weight excluding hydrogens is 346 g/mol. The van der Waals surface area contributed by atoms with E-state index in [0.29, 0.717) is 23.4 Å². The number of carbonyl (C=O) groups excluding carboxylic acids is 2. The van der Waals surface area contributed by atoms with E-state index in [1.54, 1.807) is 36.6 Å². The monoisotopic (exact) mass is 367 g/mol. The first-order valence-corrected chi connectivity index (χ1v) is 8.53. The van der Waals surface area contributed by atoms with Gasteiger partial charge >= 0.3 is 5.97 Å². The molecule has 0 saturated carbocycles. The van der Waals surface area contributed by atoms with Crippen LogP contribution in [0.4, 0.5) is 0 Å². The molecule has 6 heteroatoms. The van der Waals surface area contributed by atoms with Gasteiger partial charge in [-0.15, -0.1) is 0 Å². The van der Waals surface area contributed by atoms with Crippen LogP contribution in [0.15, 0.2) is 53.1 Å². The molecule has 3 aromatic rings. The molecule has 6 nitrogen and oxygen atoms in total. The lowest BCUT2D eigenvalue weighted by molar-refractivity contribution is 0.0473. The Balaban J connectivity index is 1.70. The summed E-state index contributed by atoms with van der Waals surface area (Å²) in [6, 6.07) is 12.3. The molecule has 0 aliphatic rings. The zero-order valence-corrected chi connectivity index (χ0v) is 15.5. The molecular formula is C21H21NO5. The number of para-hydroxylation sites is 1. The lowest BCUT2D eigenvalue weighted by Crippen LogP contribution is -2.15. The maximum absolute atomic E-state index is 12.5. The minimum absolute atomic E-state index is 0.315. The topological polar surface area (TPSA) is 70.7 Å². The van der Waals surface area contributed by atoms with Crippen molar-refractivity contribution >= 4 is 11.8 Å². The van der Waals surface area contributed by atoms with Gasteiger partial charge in [0.2, 0.25) is 5.78 Å². The largest absolute Gasteiger partial charge is 0.496 e. The van der Waals surface area contributed by atoms with Crippen molar-refractivity contribution < 1.29 is 23.5 Å². The lowest BCUT2D eigenvalue weighted by Gasteiger charge is -2.09. The van der Waals surface area contributed by atoms with E-state index in [-0.39, 0.29) is 12.4 Å². The van der Waals surface area contributed by atoms with E-state index >= 15 is 0 Å². The van der Waals surface area contributed by atoms with Gasteiger partial charge < -0.3 is 18.5 Å². The first-order valence-electron chi connectivity index (χ1n) is 8.53. The Hall–Kier alpha value is -3.28. The molecule has 0 N–H and O–H groups in total. The van der Waals surface area contributed by atoms with Crippen LogP contribution in [-0.2, 0) is 11.3 Å². The Morgan fingerprint density at radius 2 is 1.85 bits per heavy atom. The zero-order chi connectivity index (χ0) is 19.4. The summed E-state index contributed by atoms with van der Waals surface area (Å²) >= 11 is 0. The Labute approximate surface area is 157 Å². The highest BCUT2D eigenvalue weighted by molar-refractivity contribution is 6.01. The van der Waals surface area contributed by atoms with Gasteiger partial charge in [0.15, 0.2) is 6.61 Å². The van der Waals surface area contributed by atoms with Crippen molar-refractivity contribution in [2.45, 2.75) is 20.4 Å². The highest BCUT2D eigenvalue weighted by atomic mass is 16.5. The van der Waals surface area contributed by atoms with Crippen molar-refractivity contribution in [3.63, 3.8) is 0 Å². The van der Waals surface area contributed by atoms with Gasteiger partial charge in [0, 0.05) is 11.4 Å². The molecule has 0 saturated heterocycles. The molecule has 2 aromatic heterocycles. The van der Waals surface area contributed by atoms with Gasteiger partial charge in [-0.05, 0) is 44.2 Å². The predicted molar refractivity (Wildman–Crippen MR) is 99.3 cm³/mol. The van der Waals surface area contributed by atoms with Gasteiger partial charge in [-0.2, -0.15) is 0 Å². The number of ether oxygens (including phenoxy) is 2. The Morgan fingerprint density at radius 3 is 2.56 bits per heavy atom. The summed E-state index contributed by atoms with van der Waals surface area (Å²) in [6.45, 7) is 3.93. The number of furan rings is 1. The number of esters is 1. The standard InChI is InChI=1S/C21H21NO5/c1-14-11-18(15(2)22(14)12-16-7-6-10-26-16)21(24)27-13-19(23)17-8-4-5-9-20(17)25-3/h4-11H,12-13H2,1-3H3. The Morgan fingerprint density at radius 1 is 1.07 bits per heavy atom. The van der Waals surface area contributed by atoms with E-state index in [4.69, 9.17) is 13.9 Å². The van der Waals surface area contributed by atoms with Crippen molar-refractivity contribution in [2.24, 2.45) is 0 Å². The van der Waals surface area contributed by atoms with Gasteiger partial charge in [0.1, 0.15) is 11.5 Å². The number of hydrogen-bond acceptors (Lipinski definition) is 5. The van der Waals surface area contributed by atoms with Crippen LogP contribution < -0.4 is 4.74 Å². The number of carbonyl (C=O) groups is 2. The van der Waals surface area contributed by atoms with E-state index in [1.165, 1.54) is 7.11 Å². The molecule has 0 amide bonds. The molecule has 0 atom stereocenters. The lowest BCUT2D eigenvalue weighted by atomic mass is 10.1. The highest BCUT2D eigenvalue weighted by Crippen LogP contribution is 2.20. The molecule has 0 aliphatic carbocycles. The number of ketones is 1. The number of nitrogens with zero attached hydrogens (tertiary/aromatic N) is 1. The molecule has 1 aromatic carbocycles. The fraction of sp³-hybridized carbons (Fsp3) is 0.238. The summed E-state index contributed by atoms with van der Waals surface area (Å²) in [5, 5.41) is 0. The molecule has 27 heavy (non-hydrogen) atoms. The smallest absolute Gasteiger partial charge is 0.340 e. The van der Waals surface area contributed by atoms with Gasteiger partial charge in [0.25, 0.3) is 0 Å². The molecule has 140 valence electrons. The number of hydrogen-bond donors (Lipinski definition) is 0. The fourth-order valence-electron chi connectivity index (χ4n) is 2.97. The Kier molecular flexibility index (Phi) is 5.45. The van der Waals surface area contributed by atoms with Crippen LogP contribution in [0, 0.1) is 13.8 Å². The molecule has 2 heterocycles. The van der Waals surface area contributed by atoms with Crippen molar-refractivity contribution in [3.8, 4) is 5.75 Å². The van der Waals surface area contributed by atoms with Crippen LogP contribution in [-0.4, -0.2) is 30.0 Å². The minimum atomic E-state index is -0.531. The van der Waals surface area contributed by atoms with Crippen molar-refractivity contribution in [2.75, 3.05) is 13.7 Å². The summed E-state index contributed by atoms with van der Waals surface area (Å²) in [6.07, 6.45) is 1.61. The summed E-state index contributed by atoms with van der Waals surface area (Å²) in [5.41, 5.74) is 2.49. The summed E-state index contributed by atoms with van der Waals surface area (Å²) in [5.74, 6) is 0.403. The van der Waals surface area contributed by atoms with Crippen LogP contribution in [0.3, 0.4) is 0 Å². The number of aromatic nitrogens is 1. The van der Waals surface area contributed by atoms with Crippen LogP contribution in [0.1, 0.15) is 37.9 Å². The number of methoxy groups -OCH3 is 1. The molecule has 3 rings (SSSR count). The number of rotatable bonds is 7. The number of Topliss-reactive ketones (excluding diaryl/α,β-unsaturated/α-hetero) is 1. The number of benzene rings is 1. The van der Waals surface area contributed by atoms with Crippen LogP contribution >= 0.6 is 0 Å². The molecule has 0 aliphatic heterocycles. The van der Waals surface area contributed by atoms with E-state index in [2.05, 4.69) is 0 Å². The van der Waals surface area contributed by atoms with Crippen molar-refractivity contribution in [3.05, 3.63) is 77.0 Å². The van der Waals surface area contributed by atoms with Crippen LogP contribution in [0.25, 0.3) is 0 Å². The highest BCUT2D eigenvalue weighted by Gasteiger charge is 2.20. The second-order valence-electron chi connectivity index (χ2n) is 6.15. The second-order valence-corrected chi connectivity index (χ2v) is 6.15. The first kappa shape index (κ1) is 18.5. The normalized spacial score (nSPS) is 10.6. The third-order valence-electron chi connectivity index (χ3n) is 4.43. The number of aryl methyl sites for hydroxylation is 1. The molecule has 0 fully saturated rings. The summed E-state index contributed by atoms with van der Waals surface area (Å²) in [7, 11) is 1.49. The average Bonchev–Trinajstić information content (AvgIpc) is 3.29. The molecule has 0 bridgehead atoms. The summed E-state index contributed by atoms with van der Waals surface area (Å²) < 4.78 is 17.8. The van der Waals surface area contributed by atoms with E-state index in [0.717, 1.165) is 17.1 Å². The zero-order valence-electron chi connectivity index (χ0n) is 15.5. The van der Waals surface area contributed by atoms with Gasteiger partial charge in [-0.25, -0.2) is 4.79 Å². The molecule has 0 radical (unpaired) electrons. The van der Waals surface area contributed by atoms with E-state index < -0.39 is 5.97 Å². The van der Waals surface area contributed by atoms with Crippen LogP contribution in [0.2, 0.25) is 0 Å². The van der Waals surface area contributed by atoms with Crippen molar-refractivity contribution in [1.29, 1.82) is 0 Å². The fourth-order valence-corrected chi connectivity index (χ4v) is 2.97. The first-order chi connectivity index (χ1) is 13.0. The molecule has 0 unspecified atom stereocenters.